The van der Waals surface area contributed by atoms with E-state index in [1.165, 1.54) is 0 Å². The van der Waals surface area contributed by atoms with Crippen LogP contribution in [-0.4, -0.2) is 48.0 Å². The third-order valence-corrected chi connectivity index (χ3v) is 3.45. The van der Waals surface area contributed by atoms with Gasteiger partial charge in [-0.2, -0.15) is 0 Å². The van der Waals surface area contributed by atoms with E-state index in [-0.39, 0.29) is 22.6 Å². The standard InChI is InChI=1S/C10H19N3O2S/c1-10(2,5-11)6-13(3)8(14)7-4-16-9(15)12-7/h7H,4-6,11H2,1-3H3,(H,12,15)/t7-/m0/s1. The van der Waals surface area contributed by atoms with Gasteiger partial charge in [-0.25, -0.2) is 0 Å². The number of hydrogen-bond acceptors (Lipinski definition) is 4. The maximum Gasteiger partial charge on any atom is 0.279 e. The minimum absolute atomic E-state index is 0.0418. The summed E-state index contributed by atoms with van der Waals surface area (Å²) in [5, 5.41) is 2.52. The molecule has 1 rings (SSSR count). The van der Waals surface area contributed by atoms with Crippen LogP contribution in [0.2, 0.25) is 0 Å². The van der Waals surface area contributed by atoms with E-state index in [1.807, 2.05) is 13.8 Å². The zero-order valence-corrected chi connectivity index (χ0v) is 10.8. The molecule has 0 spiro atoms. The lowest BCUT2D eigenvalue weighted by Gasteiger charge is -2.30. The lowest BCUT2D eigenvalue weighted by Crippen LogP contribution is -2.47. The molecular formula is C10H19N3O2S. The second kappa shape index (κ2) is 5.05. The average Bonchev–Trinajstić information content (AvgIpc) is 2.63. The summed E-state index contributed by atoms with van der Waals surface area (Å²) in [4.78, 5) is 24.6. The van der Waals surface area contributed by atoms with Crippen LogP contribution in [0.4, 0.5) is 4.79 Å². The SMILES string of the molecule is CN(CC(C)(C)CN)C(=O)[C@@H]1CSC(=O)N1. The Kier molecular flexibility index (Phi) is 4.21. The van der Waals surface area contributed by atoms with Crippen molar-refractivity contribution in [2.75, 3.05) is 25.9 Å². The van der Waals surface area contributed by atoms with Crippen LogP contribution in [0.15, 0.2) is 0 Å². The van der Waals surface area contributed by atoms with Crippen molar-refractivity contribution in [3.8, 4) is 0 Å². The molecule has 0 aromatic rings. The Balaban J connectivity index is 2.51. The Hall–Kier alpha value is -0.750. The first kappa shape index (κ1) is 13.3. The van der Waals surface area contributed by atoms with Crippen LogP contribution < -0.4 is 11.1 Å². The first-order valence-corrected chi connectivity index (χ1v) is 6.22. The van der Waals surface area contributed by atoms with Crippen LogP contribution in [0, 0.1) is 5.41 Å². The highest BCUT2D eigenvalue weighted by Gasteiger charge is 2.31. The molecule has 1 saturated heterocycles. The van der Waals surface area contributed by atoms with Crippen molar-refractivity contribution in [1.82, 2.24) is 10.2 Å². The molecule has 0 bridgehead atoms. The monoisotopic (exact) mass is 245 g/mol. The van der Waals surface area contributed by atoms with Gasteiger partial charge in [-0.1, -0.05) is 25.6 Å². The van der Waals surface area contributed by atoms with E-state index < -0.39 is 0 Å². The fourth-order valence-corrected chi connectivity index (χ4v) is 2.34. The number of hydrogen-bond donors (Lipinski definition) is 2. The van der Waals surface area contributed by atoms with E-state index in [0.717, 1.165) is 11.8 Å². The number of thioether (sulfide) groups is 1. The summed E-state index contributed by atoms with van der Waals surface area (Å²) in [5.74, 6) is 0.477. The zero-order chi connectivity index (χ0) is 12.3. The second-order valence-corrected chi connectivity index (χ2v) is 5.85. The maximum atomic E-state index is 11.9. The fraction of sp³-hybridized carbons (Fsp3) is 0.800. The van der Waals surface area contributed by atoms with E-state index >= 15 is 0 Å². The lowest BCUT2D eigenvalue weighted by molar-refractivity contribution is -0.132. The lowest BCUT2D eigenvalue weighted by atomic mass is 9.93. The van der Waals surface area contributed by atoms with E-state index in [9.17, 15) is 9.59 Å². The molecule has 1 aliphatic rings. The molecule has 16 heavy (non-hydrogen) atoms. The summed E-state index contributed by atoms with van der Waals surface area (Å²) in [6.45, 7) is 5.15. The minimum atomic E-state index is -0.379. The van der Waals surface area contributed by atoms with Crippen molar-refractivity contribution in [3.63, 3.8) is 0 Å². The van der Waals surface area contributed by atoms with Crippen molar-refractivity contribution < 1.29 is 9.59 Å². The van der Waals surface area contributed by atoms with Crippen molar-refractivity contribution in [3.05, 3.63) is 0 Å². The van der Waals surface area contributed by atoms with Gasteiger partial charge in [0.1, 0.15) is 6.04 Å². The summed E-state index contributed by atoms with van der Waals surface area (Å²) in [6, 6.07) is -0.379. The topological polar surface area (TPSA) is 75.4 Å². The predicted octanol–water partition coefficient (Wildman–Crippen LogP) is 0.255. The Morgan fingerprint density at radius 1 is 1.69 bits per heavy atom. The predicted molar refractivity (Wildman–Crippen MR) is 65.3 cm³/mol. The highest BCUT2D eigenvalue weighted by molar-refractivity contribution is 8.14. The number of carbonyl (C=O) groups excluding carboxylic acids is 2. The van der Waals surface area contributed by atoms with Crippen LogP contribution in [0.1, 0.15) is 13.8 Å². The van der Waals surface area contributed by atoms with Crippen LogP contribution >= 0.6 is 11.8 Å². The van der Waals surface area contributed by atoms with Gasteiger partial charge in [0.15, 0.2) is 0 Å². The van der Waals surface area contributed by atoms with Gasteiger partial charge in [-0.05, 0) is 12.0 Å². The highest BCUT2D eigenvalue weighted by Crippen LogP contribution is 2.18. The smallest absolute Gasteiger partial charge is 0.279 e. The maximum absolute atomic E-state index is 11.9. The molecule has 6 heteroatoms. The van der Waals surface area contributed by atoms with E-state index in [2.05, 4.69) is 5.32 Å². The van der Waals surface area contributed by atoms with Gasteiger partial charge in [0, 0.05) is 19.3 Å². The molecule has 0 radical (unpaired) electrons. The number of rotatable bonds is 4. The quantitative estimate of drug-likeness (QED) is 0.744. The van der Waals surface area contributed by atoms with Crippen molar-refractivity contribution in [1.29, 1.82) is 0 Å². The van der Waals surface area contributed by atoms with Crippen molar-refractivity contribution in [2.45, 2.75) is 19.9 Å². The molecule has 1 fully saturated rings. The van der Waals surface area contributed by atoms with Crippen LogP contribution in [0.5, 0.6) is 0 Å². The fourth-order valence-electron chi connectivity index (χ4n) is 1.57. The summed E-state index contributed by atoms with van der Waals surface area (Å²) >= 11 is 1.15. The Labute approximate surface area is 100 Å². The normalized spacial score (nSPS) is 20.8. The molecule has 2 amide bonds. The molecule has 0 unspecified atom stereocenters. The Morgan fingerprint density at radius 3 is 2.75 bits per heavy atom. The summed E-state index contributed by atoms with van der Waals surface area (Å²) < 4.78 is 0. The van der Waals surface area contributed by atoms with Gasteiger partial charge in [-0.3, -0.25) is 9.59 Å². The molecule has 1 atom stereocenters. The summed E-state index contributed by atoms with van der Waals surface area (Å²) in [6.07, 6.45) is 0. The molecule has 0 aromatic carbocycles. The molecule has 1 heterocycles. The minimum Gasteiger partial charge on any atom is -0.343 e. The zero-order valence-electron chi connectivity index (χ0n) is 9.95. The molecule has 92 valence electrons. The van der Waals surface area contributed by atoms with E-state index in [1.54, 1.807) is 11.9 Å². The van der Waals surface area contributed by atoms with Gasteiger partial charge >= 0.3 is 0 Å². The van der Waals surface area contributed by atoms with E-state index in [0.29, 0.717) is 18.8 Å². The highest BCUT2D eigenvalue weighted by atomic mass is 32.2. The number of nitrogens with two attached hydrogens (primary N) is 1. The molecule has 0 saturated carbocycles. The Morgan fingerprint density at radius 2 is 2.31 bits per heavy atom. The summed E-state index contributed by atoms with van der Waals surface area (Å²) in [7, 11) is 1.74. The second-order valence-electron chi connectivity index (χ2n) is 4.86. The van der Waals surface area contributed by atoms with E-state index in [4.69, 9.17) is 5.73 Å². The summed E-state index contributed by atoms with van der Waals surface area (Å²) in [5.41, 5.74) is 5.52. The van der Waals surface area contributed by atoms with Crippen LogP contribution in [-0.2, 0) is 4.79 Å². The Bertz CT molecular complexity index is 294. The van der Waals surface area contributed by atoms with Crippen LogP contribution in [0.3, 0.4) is 0 Å². The van der Waals surface area contributed by atoms with Gasteiger partial charge < -0.3 is 16.0 Å². The first-order valence-electron chi connectivity index (χ1n) is 5.24. The third-order valence-electron chi connectivity index (χ3n) is 2.57. The molecule has 0 aliphatic carbocycles. The molecule has 0 aromatic heterocycles. The number of carbonyl (C=O) groups is 2. The van der Waals surface area contributed by atoms with Gasteiger partial charge in [0.25, 0.3) is 5.24 Å². The first-order chi connectivity index (χ1) is 7.35. The number of amides is 2. The molecule has 1 aliphatic heterocycles. The van der Waals surface area contributed by atoms with Gasteiger partial charge in [0.05, 0.1) is 0 Å². The van der Waals surface area contributed by atoms with Gasteiger partial charge in [-0.15, -0.1) is 0 Å². The van der Waals surface area contributed by atoms with Crippen molar-refractivity contribution in [2.24, 2.45) is 11.1 Å². The molecular weight excluding hydrogens is 226 g/mol. The largest absolute Gasteiger partial charge is 0.343 e. The molecule has 5 nitrogen and oxygen atoms in total. The average molecular weight is 245 g/mol. The number of nitrogens with zero attached hydrogens (tertiary/aromatic N) is 1. The third kappa shape index (κ3) is 3.38. The van der Waals surface area contributed by atoms with Crippen LogP contribution in [0.25, 0.3) is 0 Å². The number of likely N-dealkylation sites (N-methyl/N-ethyl adjacent to an activating group) is 1. The van der Waals surface area contributed by atoms with Gasteiger partial charge in [0.2, 0.25) is 5.91 Å². The van der Waals surface area contributed by atoms with Crippen molar-refractivity contribution >= 4 is 22.9 Å². The molecule has 3 N–H and O–H groups in total. The number of nitrogens with one attached hydrogen (secondary N) is 1.